The summed E-state index contributed by atoms with van der Waals surface area (Å²) in [7, 11) is 0. The molecule has 0 bridgehead atoms. The normalized spacial score (nSPS) is 10.5. The van der Waals surface area contributed by atoms with Crippen molar-refractivity contribution in [3.63, 3.8) is 0 Å². The second kappa shape index (κ2) is 6.85. The van der Waals surface area contributed by atoms with Crippen molar-refractivity contribution in [3.05, 3.63) is 39.9 Å². The summed E-state index contributed by atoms with van der Waals surface area (Å²) in [5, 5.41) is 3.20. The number of benzene rings is 1. The van der Waals surface area contributed by atoms with Crippen LogP contribution in [-0.2, 0) is 6.42 Å². The van der Waals surface area contributed by atoms with E-state index in [0.717, 1.165) is 17.9 Å². The van der Waals surface area contributed by atoms with E-state index in [2.05, 4.69) is 31.2 Å². The van der Waals surface area contributed by atoms with E-state index < -0.39 is 0 Å². The summed E-state index contributed by atoms with van der Waals surface area (Å²) in [6.45, 7) is 6.65. The maximum atomic E-state index is 13.1. The van der Waals surface area contributed by atoms with Crippen molar-refractivity contribution in [2.45, 2.75) is 27.2 Å². The molecule has 6 heteroatoms. The highest BCUT2D eigenvalue weighted by Crippen LogP contribution is 2.32. The van der Waals surface area contributed by atoms with Gasteiger partial charge >= 0.3 is 0 Å². The Hall–Kier alpha value is -1.69. The van der Waals surface area contributed by atoms with Crippen molar-refractivity contribution in [2.75, 3.05) is 11.9 Å². The molecule has 1 N–H and O–H groups in total. The average molecular weight is 354 g/mol. The first-order chi connectivity index (χ1) is 10.0. The molecule has 1 heterocycles. The van der Waals surface area contributed by atoms with Gasteiger partial charge in [-0.25, -0.2) is 9.37 Å². The average Bonchev–Trinajstić information content (AvgIpc) is 2.46. The molecule has 4 nitrogen and oxygen atoms in total. The number of hydrogen-bond acceptors (Lipinski definition) is 4. The zero-order valence-electron chi connectivity index (χ0n) is 12.2. The third-order valence-corrected chi connectivity index (χ3v) is 3.53. The van der Waals surface area contributed by atoms with E-state index in [1.807, 2.05) is 20.8 Å². The van der Waals surface area contributed by atoms with Crippen LogP contribution in [0.3, 0.4) is 0 Å². The van der Waals surface area contributed by atoms with Crippen LogP contribution < -0.4 is 10.1 Å². The van der Waals surface area contributed by atoms with Gasteiger partial charge in [-0.1, -0.05) is 6.92 Å². The number of aryl methyl sites for hydroxylation is 1. The van der Waals surface area contributed by atoms with Crippen LogP contribution in [0, 0.1) is 12.7 Å². The summed E-state index contributed by atoms with van der Waals surface area (Å²) in [5.41, 5.74) is 0.824. The van der Waals surface area contributed by atoms with Crippen molar-refractivity contribution in [2.24, 2.45) is 0 Å². The summed E-state index contributed by atoms with van der Waals surface area (Å²) >= 11 is 3.29. The Bertz CT molecular complexity index is 649. The van der Waals surface area contributed by atoms with E-state index in [4.69, 9.17) is 4.74 Å². The van der Waals surface area contributed by atoms with E-state index >= 15 is 0 Å². The number of aromatic nitrogens is 2. The molecule has 2 aromatic rings. The molecule has 1 aromatic heterocycles. The summed E-state index contributed by atoms with van der Waals surface area (Å²) in [6, 6.07) is 4.28. The second-order valence-corrected chi connectivity index (χ2v) is 5.33. The van der Waals surface area contributed by atoms with Gasteiger partial charge in [-0.2, -0.15) is 4.98 Å². The van der Waals surface area contributed by atoms with Crippen LogP contribution in [0.1, 0.15) is 25.2 Å². The molecule has 0 saturated heterocycles. The van der Waals surface area contributed by atoms with Crippen LogP contribution in [0.5, 0.6) is 11.6 Å². The highest BCUT2D eigenvalue weighted by atomic mass is 79.9. The number of hydrogen-bond donors (Lipinski definition) is 1. The fourth-order valence-corrected chi connectivity index (χ4v) is 2.23. The number of nitrogens with zero attached hydrogens (tertiary/aromatic N) is 2. The Labute approximate surface area is 131 Å². The molecule has 112 valence electrons. The molecule has 0 saturated carbocycles. The van der Waals surface area contributed by atoms with Crippen LogP contribution in [-0.4, -0.2) is 16.5 Å². The molecule has 0 fully saturated rings. The second-order valence-electron chi connectivity index (χ2n) is 4.48. The topological polar surface area (TPSA) is 47.0 Å². The molecular weight excluding hydrogens is 337 g/mol. The van der Waals surface area contributed by atoms with Crippen LogP contribution in [0.4, 0.5) is 10.2 Å². The maximum Gasteiger partial charge on any atom is 0.227 e. The van der Waals surface area contributed by atoms with Gasteiger partial charge in [-0.15, -0.1) is 0 Å². The molecule has 0 atom stereocenters. The van der Waals surface area contributed by atoms with Gasteiger partial charge in [0.1, 0.15) is 23.2 Å². The standard InChI is InChI=1S/C15H17BrFN3O/c1-4-13-19-14(18-5-2)9(3)15(20-13)21-12-7-6-10(17)8-11(12)16/h6-8H,4-5H2,1-3H3,(H,18,19,20). The predicted molar refractivity (Wildman–Crippen MR) is 84.5 cm³/mol. The SMILES string of the molecule is CCNc1nc(CC)nc(Oc2ccc(F)cc2Br)c1C. The Morgan fingerprint density at radius 1 is 1.29 bits per heavy atom. The minimum atomic E-state index is -0.323. The van der Waals surface area contributed by atoms with Crippen molar-refractivity contribution in [1.82, 2.24) is 9.97 Å². The smallest absolute Gasteiger partial charge is 0.227 e. The Morgan fingerprint density at radius 3 is 2.67 bits per heavy atom. The third-order valence-electron chi connectivity index (χ3n) is 2.91. The Morgan fingerprint density at radius 2 is 2.05 bits per heavy atom. The van der Waals surface area contributed by atoms with Crippen molar-refractivity contribution in [3.8, 4) is 11.6 Å². The van der Waals surface area contributed by atoms with Crippen molar-refractivity contribution < 1.29 is 9.13 Å². The fraction of sp³-hybridized carbons (Fsp3) is 0.333. The zero-order chi connectivity index (χ0) is 15.4. The quantitative estimate of drug-likeness (QED) is 0.861. The molecule has 0 amide bonds. The van der Waals surface area contributed by atoms with E-state index in [1.54, 1.807) is 6.07 Å². The van der Waals surface area contributed by atoms with Crippen molar-refractivity contribution >= 4 is 21.7 Å². The zero-order valence-corrected chi connectivity index (χ0v) is 13.8. The number of ether oxygens (including phenoxy) is 1. The molecule has 0 aliphatic heterocycles. The number of anilines is 1. The number of rotatable bonds is 5. The number of halogens is 2. The molecule has 0 aliphatic rings. The molecule has 0 unspecified atom stereocenters. The molecule has 0 radical (unpaired) electrons. The van der Waals surface area contributed by atoms with E-state index in [0.29, 0.717) is 28.3 Å². The molecule has 1 aromatic carbocycles. The van der Waals surface area contributed by atoms with E-state index in [1.165, 1.54) is 12.1 Å². The molecule has 0 aliphatic carbocycles. The minimum Gasteiger partial charge on any atom is -0.437 e. The van der Waals surface area contributed by atoms with Gasteiger partial charge in [0, 0.05) is 13.0 Å². The summed E-state index contributed by atoms with van der Waals surface area (Å²) in [4.78, 5) is 8.85. The minimum absolute atomic E-state index is 0.323. The van der Waals surface area contributed by atoms with Crippen LogP contribution in [0.15, 0.2) is 22.7 Å². The van der Waals surface area contributed by atoms with E-state index in [9.17, 15) is 4.39 Å². The summed E-state index contributed by atoms with van der Waals surface area (Å²) in [6.07, 6.45) is 0.708. The molecule has 0 spiro atoms. The molecule has 2 rings (SSSR count). The van der Waals surface area contributed by atoms with Gasteiger partial charge in [-0.3, -0.25) is 0 Å². The van der Waals surface area contributed by atoms with E-state index in [-0.39, 0.29) is 5.82 Å². The first kappa shape index (κ1) is 15.7. The van der Waals surface area contributed by atoms with Gasteiger partial charge in [0.2, 0.25) is 5.88 Å². The largest absolute Gasteiger partial charge is 0.437 e. The van der Waals surface area contributed by atoms with Gasteiger partial charge in [0.05, 0.1) is 10.0 Å². The first-order valence-corrected chi connectivity index (χ1v) is 7.58. The third kappa shape index (κ3) is 3.69. The Kier molecular flexibility index (Phi) is 5.12. The van der Waals surface area contributed by atoms with Gasteiger partial charge in [0.25, 0.3) is 0 Å². The fourth-order valence-electron chi connectivity index (χ4n) is 1.80. The lowest BCUT2D eigenvalue weighted by atomic mass is 10.3. The summed E-state index contributed by atoms with van der Waals surface area (Å²) in [5.74, 6) is 2.13. The maximum absolute atomic E-state index is 13.1. The lowest BCUT2D eigenvalue weighted by Gasteiger charge is -2.14. The summed E-state index contributed by atoms with van der Waals surface area (Å²) < 4.78 is 19.5. The van der Waals surface area contributed by atoms with Crippen LogP contribution in [0.2, 0.25) is 0 Å². The highest BCUT2D eigenvalue weighted by Gasteiger charge is 2.13. The van der Waals surface area contributed by atoms with Crippen LogP contribution >= 0.6 is 15.9 Å². The lowest BCUT2D eigenvalue weighted by Crippen LogP contribution is -2.07. The van der Waals surface area contributed by atoms with Gasteiger partial charge in [0.15, 0.2) is 0 Å². The van der Waals surface area contributed by atoms with Gasteiger partial charge < -0.3 is 10.1 Å². The first-order valence-electron chi connectivity index (χ1n) is 6.79. The number of nitrogens with one attached hydrogen (secondary N) is 1. The monoisotopic (exact) mass is 353 g/mol. The molecular formula is C15H17BrFN3O. The molecule has 21 heavy (non-hydrogen) atoms. The lowest BCUT2D eigenvalue weighted by molar-refractivity contribution is 0.450. The van der Waals surface area contributed by atoms with Gasteiger partial charge in [-0.05, 0) is 48.0 Å². The van der Waals surface area contributed by atoms with Crippen molar-refractivity contribution in [1.29, 1.82) is 0 Å². The predicted octanol–water partition coefficient (Wildman–Crippen LogP) is 4.47. The Balaban J connectivity index is 2.40. The van der Waals surface area contributed by atoms with Crippen LogP contribution in [0.25, 0.3) is 0 Å². The highest BCUT2D eigenvalue weighted by molar-refractivity contribution is 9.10.